The molecule has 0 N–H and O–H groups in total. The molecule has 0 aliphatic carbocycles. The Bertz CT molecular complexity index is 602. The third-order valence-electron chi connectivity index (χ3n) is 2.08. The van der Waals surface area contributed by atoms with Gasteiger partial charge >= 0.3 is 6.36 Å². The number of ether oxygens (including phenoxy) is 1. The number of benzene rings is 1. The molecule has 0 unspecified atom stereocenters. The van der Waals surface area contributed by atoms with Gasteiger partial charge < -0.3 is 4.74 Å². The number of aromatic nitrogens is 1. The van der Waals surface area contributed by atoms with Gasteiger partial charge in [-0.25, -0.2) is 4.98 Å². The Balaban J connectivity index is 2.49. The van der Waals surface area contributed by atoms with Gasteiger partial charge in [-0.3, -0.25) is 0 Å². The molecule has 0 atom stereocenters. The van der Waals surface area contributed by atoms with E-state index in [0.29, 0.717) is 10.8 Å². The number of hydrogen-bond acceptors (Lipinski definition) is 3. The number of pyridine rings is 1. The Kier molecular flexibility index (Phi) is 2.60. The molecule has 0 bridgehead atoms. The van der Waals surface area contributed by atoms with Gasteiger partial charge in [-0.15, -0.1) is 13.2 Å². The van der Waals surface area contributed by atoms with Crippen molar-refractivity contribution >= 4 is 10.8 Å². The fourth-order valence-electron chi connectivity index (χ4n) is 1.44. The van der Waals surface area contributed by atoms with Crippen LogP contribution in [-0.4, -0.2) is 11.3 Å². The van der Waals surface area contributed by atoms with Gasteiger partial charge in [0.15, 0.2) is 0 Å². The number of halogens is 3. The second kappa shape index (κ2) is 3.94. The van der Waals surface area contributed by atoms with Gasteiger partial charge in [0.2, 0.25) is 0 Å². The highest BCUT2D eigenvalue weighted by atomic mass is 19.4. The van der Waals surface area contributed by atoms with Crippen LogP contribution in [0.4, 0.5) is 13.2 Å². The van der Waals surface area contributed by atoms with Gasteiger partial charge in [0.1, 0.15) is 17.5 Å². The Morgan fingerprint density at radius 2 is 2.00 bits per heavy atom. The quantitative estimate of drug-likeness (QED) is 0.767. The highest BCUT2D eigenvalue weighted by molar-refractivity contribution is 5.87. The van der Waals surface area contributed by atoms with Crippen LogP contribution in [0.25, 0.3) is 10.8 Å². The molecule has 1 heterocycles. The first-order valence-corrected chi connectivity index (χ1v) is 4.54. The van der Waals surface area contributed by atoms with E-state index in [9.17, 15) is 13.2 Å². The zero-order chi connectivity index (χ0) is 12.5. The summed E-state index contributed by atoms with van der Waals surface area (Å²) in [7, 11) is 0. The number of rotatable bonds is 1. The molecule has 6 heteroatoms. The maximum atomic E-state index is 12.0. The SMILES string of the molecule is N#Cc1nccc2cc(OC(F)(F)F)ccc12. The van der Waals surface area contributed by atoms with Crippen LogP contribution >= 0.6 is 0 Å². The van der Waals surface area contributed by atoms with E-state index in [1.54, 1.807) is 0 Å². The van der Waals surface area contributed by atoms with Crippen LogP contribution in [0.15, 0.2) is 30.5 Å². The van der Waals surface area contributed by atoms with Crippen molar-refractivity contribution in [3.05, 3.63) is 36.2 Å². The molecule has 1 aromatic carbocycles. The summed E-state index contributed by atoms with van der Waals surface area (Å²) in [4.78, 5) is 3.81. The Hall–Kier alpha value is -2.29. The molecule has 0 aliphatic heterocycles. The van der Waals surface area contributed by atoms with E-state index in [0.717, 1.165) is 6.07 Å². The van der Waals surface area contributed by atoms with Gasteiger partial charge in [-0.05, 0) is 29.7 Å². The number of alkyl halides is 3. The zero-order valence-electron chi connectivity index (χ0n) is 8.32. The number of nitriles is 1. The van der Waals surface area contributed by atoms with E-state index in [1.165, 1.54) is 24.4 Å². The smallest absolute Gasteiger partial charge is 0.406 e. The number of nitrogens with zero attached hydrogens (tertiary/aromatic N) is 2. The highest BCUT2D eigenvalue weighted by Crippen LogP contribution is 2.27. The lowest BCUT2D eigenvalue weighted by atomic mass is 10.1. The van der Waals surface area contributed by atoms with Crippen molar-refractivity contribution in [2.75, 3.05) is 0 Å². The summed E-state index contributed by atoms with van der Waals surface area (Å²) in [6, 6.07) is 7.12. The molecule has 3 nitrogen and oxygen atoms in total. The lowest BCUT2D eigenvalue weighted by Crippen LogP contribution is -2.17. The molecule has 0 radical (unpaired) electrons. The summed E-state index contributed by atoms with van der Waals surface area (Å²) in [6.07, 6.45) is -3.36. The van der Waals surface area contributed by atoms with Gasteiger partial charge in [0.05, 0.1) is 0 Å². The second-order valence-corrected chi connectivity index (χ2v) is 3.20. The molecule has 2 aromatic rings. The van der Waals surface area contributed by atoms with Crippen molar-refractivity contribution in [2.24, 2.45) is 0 Å². The molecule has 17 heavy (non-hydrogen) atoms. The number of fused-ring (bicyclic) bond motifs is 1. The molecule has 0 saturated carbocycles. The van der Waals surface area contributed by atoms with E-state index in [1.807, 2.05) is 6.07 Å². The van der Waals surface area contributed by atoms with E-state index in [-0.39, 0.29) is 11.4 Å². The largest absolute Gasteiger partial charge is 0.573 e. The summed E-state index contributed by atoms with van der Waals surface area (Å²) in [5.74, 6) is -0.319. The van der Waals surface area contributed by atoms with Crippen molar-refractivity contribution in [3.8, 4) is 11.8 Å². The lowest BCUT2D eigenvalue weighted by Gasteiger charge is -2.09. The predicted octanol–water partition coefficient (Wildman–Crippen LogP) is 3.01. The monoisotopic (exact) mass is 238 g/mol. The third-order valence-corrected chi connectivity index (χ3v) is 2.08. The number of hydrogen-bond donors (Lipinski definition) is 0. The molecule has 2 rings (SSSR count). The minimum atomic E-state index is -4.72. The van der Waals surface area contributed by atoms with Crippen LogP contribution in [0.2, 0.25) is 0 Å². The van der Waals surface area contributed by atoms with Gasteiger partial charge in [-0.1, -0.05) is 0 Å². The fraction of sp³-hybridized carbons (Fsp3) is 0.0909. The normalized spacial score (nSPS) is 11.2. The van der Waals surface area contributed by atoms with E-state index < -0.39 is 6.36 Å². The Labute approximate surface area is 94.1 Å². The summed E-state index contributed by atoms with van der Waals surface area (Å²) in [5, 5.41) is 9.73. The van der Waals surface area contributed by atoms with Crippen LogP contribution in [-0.2, 0) is 0 Å². The predicted molar refractivity (Wildman–Crippen MR) is 53.1 cm³/mol. The summed E-state index contributed by atoms with van der Waals surface area (Å²) in [5.41, 5.74) is 0.168. The van der Waals surface area contributed by atoms with E-state index in [4.69, 9.17) is 5.26 Å². The molecule has 0 fully saturated rings. The topological polar surface area (TPSA) is 45.9 Å². The standard InChI is InChI=1S/C11H5F3N2O/c12-11(13,14)17-8-1-2-9-7(5-8)3-4-16-10(9)6-15/h1-5H. The van der Waals surface area contributed by atoms with E-state index >= 15 is 0 Å². The average Bonchev–Trinajstić information content (AvgIpc) is 2.25. The molecule has 0 saturated heterocycles. The molecular formula is C11H5F3N2O. The maximum absolute atomic E-state index is 12.0. The van der Waals surface area contributed by atoms with Crippen molar-refractivity contribution in [2.45, 2.75) is 6.36 Å². The minimum Gasteiger partial charge on any atom is -0.406 e. The highest BCUT2D eigenvalue weighted by Gasteiger charge is 2.31. The van der Waals surface area contributed by atoms with Crippen molar-refractivity contribution in [1.29, 1.82) is 5.26 Å². The zero-order valence-corrected chi connectivity index (χ0v) is 8.32. The first-order chi connectivity index (χ1) is 7.99. The summed E-state index contributed by atoms with van der Waals surface area (Å²) in [6.45, 7) is 0. The molecule has 1 aromatic heterocycles. The second-order valence-electron chi connectivity index (χ2n) is 3.20. The van der Waals surface area contributed by atoms with Crippen molar-refractivity contribution in [1.82, 2.24) is 4.98 Å². The van der Waals surface area contributed by atoms with Crippen LogP contribution < -0.4 is 4.74 Å². The first kappa shape index (κ1) is 11.2. The van der Waals surface area contributed by atoms with Crippen molar-refractivity contribution in [3.63, 3.8) is 0 Å². The Morgan fingerprint density at radius 3 is 2.65 bits per heavy atom. The summed E-state index contributed by atoms with van der Waals surface area (Å²) >= 11 is 0. The van der Waals surface area contributed by atoms with E-state index in [2.05, 4.69) is 9.72 Å². The molecular weight excluding hydrogens is 233 g/mol. The molecule has 0 amide bonds. The van der Waals surface area contributed by atoms with Gasteiger partial charge in [-0.2, -0.15) is 5.26 Å². The minimum absolute atomic E-state index is 0.168. The van der Waals surface area contributed by atoms with Crippen LogP contribution in [0.5, 0.6) is 5.75 Å². The van der Waals surface area contributed by atoms with Crippen LogP contribution in [0.1, 0.15) is 5.69 Å². The first-order valence-electron chi connectivity index (χ1n) is 4.54. The molecule has 0 spiro atoms. The van der Waals surface area contributed by atoms with Gasteiger partial charge in [0.25, 0.3) is 0 Å². The van der Waals surface area contributed by atoms with Crippen LogP contribution in [0, 0.1) is 11.3 Å². The fourth-order valence-corrected chi connectivity index (χ4v) is 1.44. The third kappa shape index (κ3) is 2.45. The van der Waals surface area contributed by atoms with Crippen molar-refractivity contribution < 1.29 is 17.9 Å². The lowest BCUT2D eigenvalue weighted by molar-refractivity contribution is -0.274. The summed E-state index contributed by atoms with van der Waals surface area (Å²) < 4.78 is 39.8. The molecule has 86 valence electrons. The van der Waals surface area contributed by atoms with Crippen LogP contribution in [0.3, 0.4) is 0 Å². The van der Waals surface area contributed by atoms with Gasteiger partial charge in [0, 0.05) is 11.6 Å². The molecule has 0 aliphatic rings. The Morgan fingerprint density at radius 1 is 1.24 bits per heavy atom. The maximum Gasteiger partial charge on any atom is 0.573 e. The average molecular weight is 238 g/mol.